The summed E-state index contributed by atoms with van der Waals surface area (Å²) in [6.45, 7) is 4.51. The molecule has 194 valence electrons. The first-order chi connectivity index (χ1) is 18.4. The highest BCUT2D eigenvalue weighted by molar-refractivity contribution is 6.42. The zero-order chi connectivity index (χ0) is 26.8. The molecule has 5 rings (SSSR count). The summed E-state index contributed by atoms with van der Waals surface area (Å²) in [6, 6.07) is 24.7. The van der Waals surface area contributed by atoms with Gasteiger partial charge in [-0.2, -0.15) is 0 Å². The third-order valence-electron chi connectivity index (χ3n) is 6.91. The molecule has 2 amide bonds. The average Bonchev–Trinajstić information content (AvgIpc) is 3.41. The van der Waals surface area contributed by atoms with Crippen molar-refractivity contribution in [3.8, 4) is 5.69 Å². The molecule has 0 spiro atoms. The predicted octanol–water partition coefficient (Wildman–Crippen LogP) is 7.47. The molecule has 0 saturated carbocycles. The van der Waals surface area contributed by atoms with Crippen LogP contribution < -0.4 is 4.90 Å². The number of amides is 2. The Balaban J connectivity index is 1.55. The van der Waals surface area contributed by atoms with E-state index in [4.69, 9.17) is 23.2 Å². The van der Waals surface area contributed by atoms with E-state index in [2.05, 4.69) is 29.7 Å². The van der Waals surface area contributed by atoms with E-state index in [0.29, 0.717) is 22.2 Å². The van der Waals surface area contributed by atoms with Crippen molar-refractivity contribution >= 4 is 40.7 Å². The summed E-state index contributed by atoms with van der Waals surface area (Å²) in [5.41, 5.74) is 5.28. The molecular formula is C31H29Cl2N3O2. The number of halogens is 2. The first kappa shape index (κ1) is 26.1. The number of unbranched alkanes of at least 4 members (excludes halogenated alkanes) is 1. The van der Waals surface area contributed by atoms with E-state index >= 15 is 0 Å². The van der Waals surface area contributed by atoms with Crippen molar-refractivity contribution in [3.63, 3.8) is 0 Å². The second-order valence-corrected chi connectivity index (χ2v) is 10.4. The van der Waals surface area contributed by atoms with E-state index in [1.54, 1.807) is 23.1 Å². The number of anilines is 1. The standard InChI is InChI=1S/C31H29Cl2N3O2/c1-3-4-16-34(31(38)23-14-15-24(32)25(33)19-23)20-29(37)36-27-12-6-5-11-26(27)35-17-8-13-28(35)30(36)22-10-7-9-21(2)18-22/h5-15,17-19,30H,3-4,16,20H2,1-2H3. The lowest BCUT2D eigenvalue weighted by molar-refractivity contribution is -0.119. The topological polar surface area (TPSA) is 45.6 Å². The first-order valence-electron chi connectivity index (χ1n) is 12.8. The Kier molecular flexibility index (Phi) is 7.59. The zero-order valence-corrected chi connectivity index (χ0v) is 22.9. The van der Waals surface area contributed by atoms with E-state index in [1.165, 1.54) is 0 Å². The van der Waals surface area contributed by atoms with Gasteiger partial charge in [-0.25, -0.2) is 0 Å². The Morgan fingerprint density at radius 2 is 1.68 bits per heavy atom. The lowest BCUT2D eigenvalue weighted by Gasteiger charge is -2.39. The van der Waals surface area contributed by atoms with Crippen molar-refractivity contribution in [2.45, 2.75) is 32.7 Å². The van der Waals surface area contributed by atoms with Gasteiger partial charge in [-0.05, 0) is 61.4 Å². The summed E-state index contributed by atoms with van der Waals surface area (Å²) in [7, 11) is 0. The highest BCUT2D eigenvalue weighted by Gasteiger charge is 2.37. The number of hydrogen-bond donors (Lipinski definition) is 0. The molecule has 7 heteroatoms. The summed E-state index contributed by atoms with van der Waals surface area (Å²) in [5, 5.41) is 0.692. The van der Waals surface area contributed by atoms with Crippen LogP contribution in [0.3, 0.4) is 0 Å². The van der Waals surface area contributed by atoms with Crippen molar-refractivity contribution in [2.75, 3.05) is 18.0 Å². The van der Waals surface area contributed by atoms with E-state index < -0.39 is 0 Å². The molecule has 1 aliphatic heterocycles. The van der Waals surface area contributed by atoms with E-state index in [0.717, 1.165) is 41.0 Å². The Bertz CT molecular complexity index is 1500. The van der Waals surface area contributed by atoms with E-state index in [9.17, 15) is 9.59 Å². The quantitative estimate of drug-likeness (QED) is 0.241. The van der Waals surface area contributed by atoms with Crippen molar-refractivity contribution in [1.29, 1.82) is 0 Å². The second-order valence-electron chi connectivity index (χ2n) is 9.58. The summed E-state index contributed by atoms with van der Waals surface area (Å²) in [4.78, 5) is 31.3. The van der Waals surface area contributed by atoms with Crippen LogP contribution in [0.1, 0.15) is 53.0 Å². The number of rotatable bonds is 7. The minimum absolute atomic E-state index is 0.0591. The van der Waals surface area contributed by atoms with Crippen LogP contribution in [-0.2, 0) is 4.79 Å². The molecule has 0 aliphatic carbocycles. The number of nitrogens with zero attached hydrogens (tertiary/aromatic N) is 3. The molecular weight excluding hydrogens is 517 g/mol. The fourth-order valence-electron chi connectivity index (χ4n) is 5.07. The van der Waals surface area contributed by atoms with Crippen molar-refractivity contribution < 1.29 is 9.59 Å². The Labute approximate surface area is 233 Å². The second kappa shape index (κ2) is 11.1. The van der Waals surface area contributed by atoms with Gasteiger partial charge in [0.2, 0.25) is 5.91 Å². The zero-order valence-electron chi connectivity index (χ0n) is 21.4. The first-order valence-corrected chi connectivity index (χ1v) is 13.5. The van der Waals surface area contributed by atoms with Crippen LogP contribution in [-0.4, -0.2) is 34.4 Å². The van der Waals surface area contributed by atoms with Crippen LogP contribution >= 0.6 is 23.2 Å². The third kappa shape index (κ3) is 4.96. The lowest BCUT2D eigenvalue weighted by atomic mass is 9.96. The van der Waals surface area contributed by atoms with Gasteiger partial charge < -0.3 is 9.47 Å². The van der Waals surface area contributed by atoms with Gasteiger partial charge in [0, 0.05) is 18.3 Å². The Morgan fingerprint density at radius 1 is 0.895 bits per heavy atom. The van der Waals surface area contributed by atoms with Gasteiger partial charge in [-0.3, -0.25) is 14.5 Å². The van der Waals surface area contributed by atoms with Crippen LogP contribution in [0.5, 0.6) is 0 Å². The molecule has 1 unspecified atom stereocenters. The summed E-state index contributed by atoms with van der Waals surface area (Å²) in [6.07, 6.45) is 3.70. The summed E-state index contributed by atoms with van der Waals surface area (Å²) in [5.74, 6) is -0.396. The van der Waals surface area contributed by atoms with Gasteiger partial charge in [-0.1, -0.05) is 78.5 Å². The van der Waals surface area contributed by atoms with Crippen molar-refractivity contribution in [3.05, 3.63) is 117 Å². The Morgan fingerprint density at radius 3 is 2.42 bits per heavy atom. The van der Waals surface area contributed by atoms with Gasteiger partial charge in [0.25, 0.3) is 5.91 Å². The van der Waals surface area contributed by atoms with Gasteiger partial charge in [0.15, 0.2) is 0 Å². The van der Waals surface area contributed by atoms with Crippen molar-refractivity contribution in [1.82, 2.24) is 9.47 Å². The molecule has 1 atom stereocenters. The molecule has 0 N–H and O–H groups in total. The molecule has 4 aromatic rings. The van der Waals surface area contributed by atoms with Crippen LogP contribution in [0, 0.1) is 6.92 Å². The maximum atomic E-state index is 14.3. The van der Waals surface area contributed by atoms with Crippen molar-refractivity contribution in [2.24, 2.45) is 0 Å². The highest BCUT2D eigenvalue weighted by Crippen LogP contribution is 2.42. The van der Waals surface area contributed by atoms with Crippen LogP contribution in [0.4, 0.5) is 5.69 Å². The summed E-state index contributed by atoms with van der Waals surface area (Å²) >= 11 is 12.3. The minimum Gasteiger partial charge on any atom is -0.329 e. The number of benzene rings is 3. The van der Waals surface area contributed by atoms with Crippen LogP contribution in [0.2, 0.25) is 10.0 Å². The van der Waals surface area contributed by atoms with Crippen LogP contribution in [0.15, 0.2) is 85.1 Å². The number of hydrogen-bond acceptors (Lipinski definition) is 2. The molecule has 0 radical (unpaired) electrons. The SMILES string of the molecule is CCCCN(CC(=O)N1c2ccccc2-n2cccc2C1c1cccc(C)c1)C(=O)c1ccc(Cl)c(Cl)c1. The maximum Gasteiger partial charge on any atom is 0.254 e. The summed E-state index contributed by atoms with van der Waals surface area (Å²) < 4.78 is 2.14. The predicted molar refractivity (Wildman–Crippen MR) is 154 cm³/mol. The number of aryl methyl sites for hydroxylation is 1. The molecule has 1 aromatic heterocycles. The smallest absolute Gasteiger partial charge is 0.254 e. The van der Waals surface area contributed by atoms with E-state index in [-0.39, 0.29) is 24.4 Å². The largest absolute Gasteiger partial charge is 0.329 e. The molecule has 0 saturated heterocycles. The third-order valence-corrected chi connectivity index (χ3v) is 7.65. The Hall–Kier alpha value is -3.54. The van der Waals surface area contributed by atoms with Crippen LogP contribution in [0.25, 0.3) is 5.69 Å². The lowest BCUT2D eigenvalue weighted by Crippen LogP contribution is -2.47. The molecule has 0 bridgehead atoms. The maximum absolute atomic E-state index is 14.3. The molecule has 5 nitrogen and oxygen atoms in total. The fraction of sp³-hybridized carbons (Fsp3) is 0.226. The molecule has 2 heterocycles. The van der Waals surface area contributed by atoms with Gasteiger partial charge >= 0.3 is 0 Å². The molecule has 0 fully saturated rings. The highest BCUT2D eigenvalue weighted by atomic mass is 35.5. The molecule has 38 heavy (non-hydrogen) atoms. The monoisotopic (exact) mass is 545 g/mol. The molecule has 1 aliphatic rings. The minimum atomic E-state index is -0.333. The number of carbonyl (C=O) groups excluding carboxylic acids is 2. The van der Waals surface area contributed by atoms with Gasteiger partial charge in [0.1, 0.15) is 12.6 Å². The number of aromatic nitrogens is 1. The van der Waals surface area contributed by atoms with Gasteiger partial charge in [-0.15, -0.1) is 0 Å². The number of carbonyl (C=O) groups is 2. The van der Waals surface area contributed by atoms with E-state index in [1.807, 2.05) is 60.5 Å². The molecule has 3 aromatic carbocycles. The number of para-hydroxylation sites is 2. The van der Waals surface area contributed by atoms with Gasteiger partial charge in [0.05, 0.1) is 27.1 Å². The number of fused-ring (bicyclic) bond motifs is 3. The fourth-order valence-corrected chi connectivity index (χ4v) is 5.37. The normalized spacial score (nSPS) is 14.1. The average molecular weight is 546 g/mol.